The number of halogens is 1. The Morgan fingerprint density at radius 3 is 2.89 bits per heavy atom. The van der Waals surface area contributed by atoms with E-state index in [0.29, 0.717) is 16.5 Å². The Hall–Kier alpha value is -0.460. The van der Waals surface area contributed by atoms with Crippen molar-refractivity contribution in [2.75, 3.05) is 44.2 Å². The molecule has 2 rings (SSSR count). The van der Waals surface area contributed by atoms with Gasteiger partial charge in [-0.1, -0.05) is 11.6 Å². The number of piperazine rings is 1. The van der Waals surface area contributed by atoms with Gasteiger partial charge in [0.25, 0.3) is 0 Å². The van der Waals surface area contributed by atoms with Crippen molar-refractivity contribution in [1.29, 1.82) is 0 Å². The molecular formula is C13H20ClN3OS. The summed E-state index contributed by atoms with van der Waals surface area (Å²) in [5.41, 5.74) is 6.59. The largest absolute Gasteiger partial charge is 0.398 e. The van der Waals surface area contributed by atoms with Gasteiger partial charge in [-0.3, -0.25) is 4.90 Å². The number of aliphatic hydroxyl groups excluding tert-OH is 1. The van der Waals surface area contributed by atoms with Crippen LogP contribution >= 0.6 is 23.4 Å². The van der Waals surface area contributed by atoms with Gasteiger partial charge in [-0.15, -0.1) is 11.8 Å². The number of nitrogen functional groups attached to an aromatic ring is 1. The van der Waals surface area contributed by atoms with Crippen LogP contribution in [0.5, 0.6) is 0 Å². The van der Waals surface area contributed by atoms with Crippen molar-refractivity contribution in [2.45, 2.75) is 11.0 Å². The van der Waals surface area contributed by atoms with Crippen LogP contribution in [0, 0.1) is 0 Å². The van der Waals surface area contributed by atoms with Gasteiger partial charge >= 0.3 is 0 Å². The van der Waals surface area contributed by atoms with Gasteiger partial charge in [-0.2, -0.15) is 0 Å². The minimum Gasteiger partial charge on any atom is -0.398 e. The molecule has 1 aromatic carbocycles. The maximum absolute atomic E-state index is 10.1. The van der Waals surface area contributed by atoms with Crippen molar-refractivity contribution >= 4 is 29.1 Å². The van der Waals surface area contributed by atoms with E-state index < -0.39 is 0 Å². The van der Waals surface area contributed by atoms with E-state index in [4.69, 9.17) is 17.3 Å². The Kier molecular flexibility index (Phi) is 5.78. The van der Waals surface area contributed by atoms with Gasteiger partial charge in [0, 0.05) is 54.1 Å². The molecular weight excluding hydrogens is 282 g/mol. The van der Waals surface area contributed by atoms with E-state index in [1.807, 2.05) is 6.07 Å². The van der Waals surface area contributed by atoms with Crippen molar-refractivity contribution in [1.82, 2.24) is 10.2 Å². The Morgan fingerprint density at radius 2 is 2.16 bits per heavy atom. The molecule has 106 valence electrons. The molecule has 4 N–H and O–H groups in total. The number of hydrogen-bond donors (Lipinski definition) is 3. The summed E-state index contributed by atoms with van der Waals surface area (Å²) < 4.78 is 0. The lowest BCUT2D eigenvalue weighted by Gasteiger charge is -2.29. The summed E-state index contributed by atoms with van der Waals surface area (Å²) in [5, 5.41) is 14.0. The minimum atomic E-state index is -0.346. The van der Waals surface area contributed by atoms with Crippen LogP contribution in [0.25, 0.3) is 0 Å². The highest BCUT2D eigenvalue weighted by atomic mass is 35.5. The van der Waals surface area contributed by atoms with Crippen LogP contribution in [-0.2, 0) is 0 Å². The van der Waals surface area contributed by atoms with Gasteiger partial charge in [-0.25, -0.2) is 0 Å². The van der Waals surface area contributed by atoms with E-state index in [2.05, 4.69) is 10.2 Å². The predicted octanol–water partition coefficient (Wildman–Crippen LogP) is 1.28. The van der Waals surface area contributed by atoms with Gasteiger partial charge < -0.3 is 16.2 Å². The quantitative estimate of drug-likeness (QED) is 0.565. The molecule has 1 unspecified atom stereocenters. The fourth-order valence-corrected chi connectivity index (χ4v) is 3.22. The summed E-state index contributed by atoms with van der Waals surface area (Å²) in [5.74, 6) is 0.633. The Labute approximate surface area is 123 Å². The second-order valence-electron chi connectivity index (χ2n) is 4.70. The molecule has 0 aliphatic carbocycles. The summed E-state index contributed by atoms with van der Waals surface area (Å²) in [7, 11) is 0. The number of rotatable bonds is 5. The maximum Gasteiger partial charge on any atom is 0.0760 e. The van der Waals surface area contributed by atoms with E-state index in [9.17, 15) is 5.11 Å². The summed E-state index contributed by atoms with van der Waals surface area (Å²) in [6, 6.07) is 5.42. The van der Waals surface area contributed by atoms with Crippen LogP contribution in [0.4, 0.5) is 5.69 Å². The van der Waals surface area contributed by atoms with Gasteiger partial charge in [0.2, 0.25) is 0 Å². The summed E-state index contributed by atoms with van der Waals surface area (Å²) >= 11 is 7.50. The normalized spacial score (nSPS) is 18.4. The van der Waals surface area contributed by atoms with E-state index in [-0.39, 0.29) is 6.10 Å². The molecule has 0 aromatic heterocycles. The third kappa shape index (κ3) is 4.85. The molecule has 1 fully saturated rings. The highest BCUT2D eigenvalue weighted by molar-refractivity contribution is 7.99. The third-order valence-corrected chi connectivity index (χ3v) is 4.54. The molecule has 0 saturated carbocycles. The molecule has 1 heterocycles. The lowest BCUT2D eigenvalue weighted by Crippen LogP contribution is -2.46. The first kappa shape index (κ1) is 14.9. The van der Waals surface area contributed by atoms with Crippen LogP contribution in [-0.4, -0.2) is 54.6 Å². The zero-order valence-corrected chi connectivity index (χ0v) is 12.4. The highest BCUT2D eigenvalue weighted by Gasteiger charge is 2.14. The number of hydrogen-bond acceptors (Lipinski definition) is 5. The number of thioether (sulfide) groups is 1. The first-order chi connectivity index (χ1) is 9.15. The first-order valence-corrected chi connectivity index (χ1v) is 7.80. The smallest absolute Gasteiger partial charge is 0.0760 e. The SMILES string of the molecule is Nc1ccc(Cl)cc1SCC(O)CN1CCNCC1. The summed E-state index contributed by atoms with van der Waals surface area (Å²) in [6.07, 6.45) is -0.346. The zero-order valence-electron chi connectivity index (χ0n) is 10.8. The minimum absolute atomic E-state index is 0.346. The maximum atomic E-state index is 10.1. The van der Waals surface area contributed by atoms with E-state index in [0.717, 1.165) is 37.6 Å². The van der Waals surface area contributed by atoms with Gasteiger partial charge in [-0.05, 0) is 18.2 Å². The number of aliphatic hydroxyl groups is 1. The number of benzene rings is 1. The van der Waals surface area contributed by atoms with Crippen molar-refractivity contribution < 1.29 is 5.11 Å². The molecule has 1 saturated heterocycles. The molecule has 0 amide bonds. The van der Waals surface area contributed by atoms with E-state index in [1.165, 1.54) is 0 Å². The van der Waals surface area contributed by atoms with Crippen molar-refractivity contribution in [3.05, 3.63) is 23.2 Å². The number of nitrogens with one attached hydrogen (secondary N) is 1. The highest BCUT2D eigenvalue weighted by Crippen LogP contribution is 2.28. The average Bonchev–Trinajstić information content (AvgIpc) is 2.41. The van der Waals surface area contributed by atoms with Crippen LogP contribution in [0.3, 0.4) is 0 Å². The number of nitrogens with two attached hydrogens (primary N) is 1. The lowest BCUT2D eigenvalue weighted by atomic mass is 10.3. The molecule has 0 bridgehead atoms. The molecule has 1 aromatic rings. The number of nitrogens with zero attached hydrogens (tertiary/aromatic N) is 1. The number of β-amino-alcohol motifs (C(OH)–C–C–N with tert-alkyl or cyclic N) is 1. The molecule has 6 heteroatoms. The average molecular weight is 302 g/mol. The lowest BCUT2D eigenvalue weighted by molar-refractivity contribution is 0.121. The third-order valence-electron chi connectivity index (χ3n) is 3.09. The van der Waals surface area contributed by atoms with Gasteiger partial charge in [0.05, 0.1) is 6.10 Å². The monoisotopic (exact) mass is 301 g/mol. The fraction of sp³-hybridized carbons (Fsp3) is 0.538. The molecule has 1 aliphatic heterocycles. The van der Waals surface area contributed by atoms with Crippen molar-refractivity contribution in [3.63, 3.8) is 0 Å². The standard InChI is InChI=1S/C13H20ClN3OS/c14-10-1-2-12(15)13(7-10)19-9-11(18)8-17-5-3-16-4-6-17/h1-2,7,11,16,18H,3-6,8-9,15H2. The Bertz CT molecular complexity index is 413. The molecule has 19 heavy (non-hydrogen) atoms. The fourth-order valence-electron chi connectivity index (χ4n) is 2.06. The second-order valence-corrected chi connectivity index (χ2v) is 6.20. The van der Waals surface area contributed by atoms with Crippen molar-refractivity contribution in [2.24, 2.45) is 0 Å². The van der Waals surface area contributed by atoms with Crippen molar-refractivity contribution in [3.8, 4) is 0 Å². The first-order valence-electron chi connectivity index (χ1n) is 6.44. The number of anilines is 1. The van der Waals surface area contributed by atoms with Gasteiger partial charge in [0.1, 0.15) is 0 Å². The van der Waals surface area contributed by atoms with Crippen LogP contribution in [0.2, 0.25) is 5.02 Å². The second kappa shape index (κ2) is 7.36. The molecule has 1 aliphatic rings. The Balaban J connectivity index is 1.79. The molecule has 4 nitrogen and oxygen atoms in total. The summed E-state index contributed by atoms with van der Waals surface area (Å²) in [4.78, 5) is 3.22. The molecule has 0 spiro atoms. The van der Waals surface area contributed by atoms with Crippen LogP contribution < -0.4 is 11.1 Å². The molecule has 1 atom stereocenters. The van der Waals surface area contributed by atoms with Crippen LogP contribution in [0.15, 0.2) is 23.1 Å². The Morgan fingerprint density at radius 1 is 1.42 bits per heavy atom. The van der Waals surface area contributed by atoms with Crippen LogP contribution in [0.1, 0.15) is 0 Å². The predicted molar refractivity (Wildman–Crippen MR) is 81.9 cm³/mol. The van der Waals surface area contributed by atoms with E-state index in [1.54, 1.807) is 23.9 Å². The van der Waals surface area contributed by atoms with E-state index >= 15 is 0 Å². The zero-order chi connectivity index (χ0) is 13.7. The van der Waals surface area contributed by atoms with Gasteiger partial charge in [0.15, 0.2) is 0 Å². The summed E-state index contributed by atoms with van der Waals surface area (Å²) in [6.45, 7) is 4.72. The molecule has 0 radical (unpaired) electrons. The topological polar surface area (TPSA) is 61.5 Å².